The van der Waals surface area contributed by atoms with Crippen molar-refractivity contribution in [3.8, 4) is 0 Å². The lowest BCUT2D eigenvalue weighted by Gasteiger charge is -1.99. The Kier molecular flexibility index (Phi) is 4.41. The molecule has 1 aromatic carbocycles. The second-order valence-corrected chi connectivity index (χ2v) is 2.87. The quantitative estimate of drug-likeness (QED) is 0.560. The highest BCUT2D eigenvalue weighted by Gasteiger charge is 2.02. The van der Waals surface area contributed by atoms with E-state index in [1.807, 2.05) is 25.1 Å². The number of hydrogen-bond acceptors (Lipinski definition) is 3. The lowest BCUT2D eigenvalue weighted by atomic mass is 10.1. The van der Waals surface area contributed by atoms with Crippen LogP contribution in [0.3, 0.4) is 0 Å². The third-order valence-electron chi connectivity index (χ3n) is 1.86. The Bertz CT molecular complexity index is 338. The predicted molar refractivity (Wildman–Crippen MR) is 58.4 cm³/mol. The van der Waals surface area contributed by atoms with Crippen molar-refractivity contribution in [2.45, 2.75) is 6.92 Å². The van der Waals surface area contributed by atoms with Crippen molar-refractivity contribution in [3.05, 3.63) is 41.7 Å². The number of carbonyl (C=O) groups excluding carboxylic acids is 1. The van der Waals surface area contributed by atoms with E-state index in [1.54, 1.807) is 18.4 Å². The number of rotatable bonds is 4. The van der Waals surface area contributed by atoms with E-state index < -0.39 is 0 Å². The van der Waals surface area contributed by atoms with Gasteiger partial charge in [-0.2, -0.15) is 0 Å². The second-order valence-electron chi connectivity index (χ2n) is 2.87. The first-order valence-corrected chi connectivity index (χ1v) is 4.74. The van der Waals surface area contributed by atoms with E-state index in [2.05, 4.69) is 4.74 Å². The molecule has 0 aliphatic rings. The van der Waals surface area contributed by atoms with Crippen molar-refractivity contribution in [1.82, 2.24) is 0 Å². The molecule has 0 atom stereocenters. The first kappa shape index (κ1) is 11.3. The molecule has 3 heteroatoms. The van der Waals surface area contributed by atoms with E-state index in [9.17, 15) is 4.79 Å². The molecule has 15 heavy (non-hydrogen) atoms. The van der Waals surface area contributed by atoms with Crippen LogP contribution in [0.25, 0.3) is 6.08 Å². The summed E-state index contributed by atoms with van der Waals surface area (Å²) < 4.78 is 9.66. The molecule has 0 fully saturated rings. The van der Waals surface area contributed by atoms with Crippen molar-refractivity contribution in [2.75, 3.05) is 13.7 Å². The molecule has 1 aromatic rings. The minimum atomic E-state index is -0.324. The zero-order valence-corrected chi connectivity index (χ0v) is 8.90. The summed E-state index contributed by atoms with van der Waals surface area (Å²) in [6.07, 6.45) is 3.47. The van der Waals surface area contributed by atoms with E-state index in [-0.39, 0.29) is 5.97 Å². The van der Waals surface area contributed by atoms with Gasteiger partial charge in [0.2, 0.25) is 0 Å². The molecule has 0 spiro atoms. The van der Waals surface area contributed by atoms with Gasteiger partial charge in [0.25, 0.3) is 0 Å². The van der Waals surface area contributed by atoms with E-state index in [0.717, 1.165) is 5.56 Å². The number of esters is 1. The molecule has 0 heterocycles. The van der Waals surface area contributed by atoms with Gasteiger partial charge in [-0.25, -0.2) is 4.79 Å². The van der Waals surface area contributed by atoms with Gasteiger partial charge in [0.1, 0.15) is 0 Å². The fraction of sp³-hybridized carbons (Fsp3) is 0.250. The standard InChI is InChI=1S/C12H14O3/c1-3-15-9-8-10-4-6-11(7-5-10)12(13)14-2/h4-9H,3H2,1-2H3/b9-8+. The molecule has 0 saturated carbocycles. The van der Waals surface area contributed by atoms with Crippen LogP contribution in [0.4, 0.5) is 0 Å². The highest BCUT2D eigenvalue weighted by molar-refractivity contribution is 5.89. The van der Waals surface area contributed by atoms with Gasteiger partial charge in [0.05, 0.1) is 25.5 Å². The summed E-state index contributed by atoms with van der Waals surface area (Å²) >= 11 is 0. The Labute approximate surface area is 89.3 Å². The zero-order chi connectivity index (χ0) is 11.1. The smallest absolute Gasteiger partial charge is 0.337 e. The Balaban J connectivity index is 2.68. The van der Waals surface area contributed by atoms with Crippen LogP contribution in [0.15, 0.2) is 30.5 Å². The third kappa shape index (κ3) is 3.46. The lowest BCUT2D eigenvalue weighted by Crippen LogP contribution is -2.00. The molecule has 0 radical (unpaired) electrons. The highest BCUT2D eigenvalue weighted by Crippen LogP contribution is 2.07. The zero-order valence-electron chi connectivity index (χ0n) is 8.90. The van der Waals surface area contributed by atoms with Crippen LogP contribution in [0.5, 0.6) is 0 Å². The minimum Gasteiger partial charge on any atom is -0.501 e. The molecule has 80 valence electrons. The number of carbonyl (C=O) groups is 1. The predicted octanol–water partition coefficient (Wildman–Crippen LogP) is 2.48. The fourth-order valence-electron chi connectivity index (χ4n) is 1.07. The average Bonchev–Trinajstić information content (AvgIpc) is 2.29. The summed E-state index contributed by atoms with van der Waals surface area (Å²) in [6.45, 7) is 2.57. The van der Waals surface area contributed by atoms with Crippen molar-refractivity contribution < 1.29 is 14.3 Å². The SMILES string of the molecule is CCO/C=C/c1ccc(C(=O)OC)cc1. The molecule has 0 aliphatic heterocycles. The largest absolute Gasteiger partial charge is 0.501 e. The number of hydrogen-bond donors (Lipinski definition) is 0. The summed E-state index contributed by atoms with van der Waals surface area (Å²) in [7, 11) is 1.37. The molecule has 0 N–H and O–H groups in total. The molecule has 0 saturated heterocycles. The first-order valence-electron chi connectivity index (χ1n) is 4.74. The van der Waals surface area contributed by atoms with E-state index in [0.29, 0.717) is 12.2 Å². The molecule has 0 unspecified atom stereocenters. The molecule has 0 aromatic heterocycles. The Hall–Kier alpha value is -1.77. The summed E-state index contributed by atoms with van der Waals surface area (Å²) in [5, 5.41) is 0. The summed E-state index contributed by atoms with van der Waals surface area (Å²) in [6, 6.07) is 7.11. The van der Waals surface area contributed by atoms with Gasteiger partial charge in [-0.05, 0) is 30.7 Å². The van der Waals surface area contributed by atoms with Gasteiger partial charge in [-0.3, -0.25) is 0 Å². The monoisotopic (exact) mass is 206 g/mol. The molecular weight excluding hydrogens is 192 g/mol. The van der Waals surface area contributed by atoms with Gasteiger partial charge in [-0.1, -0.05) is 12.1 Å². The van der Waals surface area contributed by atoms with Gasteiger partial charge >= 0.3 is 5.97 Å². The van der Waals surface area contributed by atoms with E-state index >= 15 is 0 Å². The van der Waals surface area contributed by atoms with Crippen LogP contribution >= 0.6 is 0 Å². The maximum Gasteiger partial charge on any atom is 0.337 e. The van der Waals surface area contributed by atoms with Gasteiger partial charge in [-0.15, -0.1) is 0 Å². The molecule has 1 rings (SSSR count). The molecule has 3 nitrogen and oxygen atoms in total. The Morgan fingerprint density at radius 2 is 2.00 bits per heavy atom. The van der Waals surface area contributed by atoms with Crippen LogP contribution in [0.2, 0.25) is 0 Å². The number of methoxy groups -OCH3 is 1. The molecule has 0 bridgehead atoms. The normalized spacial score (nSPS) is 10.3. The summed E-state index contributed by atoms with van der Waals surface area (Å²) in [4.78, 5) is 11.1. The average molecular weight is 206 g/mol. The fourth-order valence-corrected chi connectivity index (χ4v) is 1.07. The number of benzene rings is 1. The van der Waals surface area contributed by atoms with Gasteiger partial charge in [0, 0.05) is 0 Å². The van der Waals surface area contributed by atoms with Gasteiger partial charge < -0.3 is 9.47 Å². The number of ether oxygens (including phenoxy) is 2. The molecular formula is C12H14O3. The van der Waals surface area contributed by atoms with Crippen LogP contribution in [-0.2, 0) is 9.47 Å². The van der Waals surface area contributed by atoms with Crippen molar-refractivity contribution in [2.24, 2.45) is 0 Å². The van der Waals surface area contributed by atoms with Crippen molar-refractivity contribution in [1.29, 1.82) is 0 Å². The van der Waals surface area contributed by atoms with Gasteiger partial charge in [0.15, 0.2) is 0 Å². The van der Waals surface area contributed by atoms with Crippen LogP contribution < -0.4 is 0 Å². The molecule has 0 aliphatic carbocycles. The maximum absolute atomic E-state index is 11.1. The highest BCUT2D eigenvalue weighted by atomic mass is 16.5. The minimum absolute atomic E-state index is 0.324. The topological polar surface area (TPSA) is 35.5 Å². The van der Waals surface area contributed by atoms with Crippen LogP contribution in [0, 0.1) is 0 Å². The maximum atomic E-state index is 11.1. The van der Waals surface area contributed by atoms with Crippen LogP contribution in [0.1, 0.15) is 22.8 Å². The Morgan fingerprint density at radius 3 is 2.53 bits per heavy atom. The third-order valence-corrected chi connectivity index (χ3v) is 1.86. The lowest BCUT2D eigenvalue weighted by molar-refractivity contribution is 0.0601. The Morgan fingerprint density at radius 1 is 1.33 bits per heavy atom. The summed E-state index contributed by atoms with van der Waals surface area (Å²) in [5.41, 5.74) is 1.53. The first-order chi connectivity index (χ1) is 7.27. The van der Waals surface area contributed by atoms with E-state index in [4.69, 9.17) is 4.74 Å². The van der Waals surface area contributed by atoms with Crippen LogP contribution in [-0.4, -0.2) is 19.7 Å². The summed E-state index contributed by atoms with van der Waals surface area (Å²) in [5.74, 6) is -0.324. The van der Waals surface area contributed by atoms with Crippen molar-refractivity contribution in [3.63, 3.8) is 0 Å². The van der Waals surface area contributed by atoms with Crippen molar-refractivity contribution >= 4 is 12.0 Å². The second kappa shape index (κ2) is 5.86. The van der Waals surface area contributed by atoms with E-state index in [1.165, 1.54) is 7.11 Å². The molecule has 0 amide bonds.